The summed E-state index contributed by atoms with van der Waals surface area (Å²) in [7, 11) is 0. The van der Waals surface area contributed by atoms with Crippen molar-refractivity contribution in [2.45, 2.75) is 65.5 Å². The van der Waals surface area contributed by atoms with Gasteiger partial charge in [-0.3, -0.25) is 14.4 Å². The average Bonchev–Trinajstić information content (AvgIpc) is 3.71. The van der Waals surface area contributed by atoms with Gasteiger partial charge in [0.05, 0.1) is 18.3 Å². The molecule has 268 valence electrons. The van der Waals surface area contributed by atoms with E-state index in [0.29, 0.717) is 11.5 Å². The molecule has 4 aromatic rings. The highest BCUT2D eigenvalue weighted by Crippen LogP contribution is 2.30. The van der Waals surface area contributed by atoms with Crippen LogP contribution in [0.25, 0.3) is 10.4 Å². The Hall–Kier alpha value is -5.04. The molecule has 4 N–H and O–H groups in total. The Bertz CT molecular complexity index is 1830. The minimum atomic E-state index is -1.02. The van der Waals surface area contributed by atoms with Gasteiger partial charge in [0.1, 0.15) is 30.2 Å². The minimum absolute atomic E-state index is 0.0158. The number of carbonyl (C=O) groups excluding carboxylic acids is 3. The van der Waals surface area contributed by atoms with E-state index >= 15 is 0 Å². The van der Waals surface area contributed by atoms with Gasteiger partial charge in [0.15, 0.2) is 0 Å². The highest BCUT2D eigenvalue weighted by molar-refractivity contribution is 7.13. The molecular weight excluding hydrogens is 671 g/mol. The first-order chi connectivity index (χ1) is 24.3. The molecule has 12 heteroatoms. The Morgan fingerprint density at radius 1 is 0.922 bits per heavy atom. The lowest BCUT2D eigenvalue weighted by Gasteiger charge is -2.35. The van der Waals surface area contributed by atoms with E-state index in [9.17, 15) is 24.3 Å². The molecule has 3 aromatic carbocycles. The van der Waals surface area contributed by atoms with Crippen LogP contribution in [0.5, 0.6) is 11.5 Å². The normalized spacial score (nSPS) is 16.4. The predicted molar refractivity (Wildman–Crippen MR) is 193 cm³/mol. The highest BCUT2D eigenvalue weighted by Gasteiger charge is 2.44. The van der Waals surface area contributed by atoms with Gasteiger partial charge >= 0.3 is 5.97 Å². The van der Waals surface area contributed by atoms with Crippen LogP contribution in [0, 0.1) is 12.3 Å². The number of nitrogens with zero attached hydrogens (tertiary/aromatic N) is 1. The molecule has 1 aliphatic rings. The van der Waals surface area contributed by atoms with Crippen LogP contribution in [-0.4, -0.2) is 70.1 Å². The number of aliphatic hydroxyl groups excluding tert-OH is 1. The predicted octanol–water partition coefficient (Wildman–Crippen LogP) is 5.54. The van der Waals surface area contributed by atoms with Crippen molar-refractivity contribution in [3.8, 4) is 21.9 Å². The molecule has 3 amide bonds. The number of amides is 3. The van der Waals surface area contributed by atoms with E-state index in [1.54, 1.807) is 47.7 Å². The Morgan fingerprint density at radius 3 is 2.14 bits per heavy atom. The summed E-state index contributed by atoms with van der Waals surface area (Å²) in [5.41, 5.74) is 3.48. The SMILES string of the molecule is Cc1ccsc1-c1ccc(CNC(=O)[C@@H]2C[C@@H](O)CN2C(=O)[C@@H](NC(=O)COCc2ccc(Oc3ccc(C(=O)O)cc3)cc2)C(C)(C)C)cc1. The van der Waals surface area contributed by atoms with Gasteiger partial charge in [0.2, 0.25) is 17.7 Å². The number of benzene rings is 3. The molecule has 5 rings (SSSR count). The second-order valence-corrected chi connectivity index (χ2v) is 14.6. The number of likely N-dealkylation sites (tertiary alicyclic amines) is 1. The summed E-state index contributed by atoms with van der Waals surface area (Å²) < 4.78 is 11.4. The summed E-state index contributed by atoms with van der Waals surface area (Å²) in [6.07, 6.45) is -0.768. The lowest BCUT2D eigenvalue weighted by atomic mass is 9.85. The molecule has 0 bridgehead atoms. The van der Waals surface area contributed by atoms with Crippen LogP contribution in [0.15, 0.2) is 84.2 Å². The van der Waals surface area contributed by atoms with Gasteiger partial charge < -0.3 is 35.2 Å². The fourth-order valence-electron chi connectivity index (χ4n) is 5.79. The third kappa shape index (κ3) is 9.81. The van der Waals surface area contributed by atoms with Crippen LogP contribution in [0.4, 0.5) is 0 Å². The molecule has 11 nitrogen and oxygen atoms in total. The van der Waals surface area contributed by atoms with Gasteiger partial charge in [-0.2, -0.15) is 0 Å². The third-order valence-corrected chi connectivity index (χ3v) is 9.66. The van der Waals surface area contributed by atoms with Gasteiger partial charge in [0, 0.05) is 24.4 Å². The molecule has 0 aliphatic carbocycles. The lowest BCUT2D eigenvalue weighted by Crippen LogP contribution is -2.58. The number of carbonyl (C=O) groups is 4. The second kappa shape index (κ2) is 16.3. The monoisotopic (exact) mass is 713 g/mol. The number of hydrogen-bond acceptors (Lipinski definition) is 8. The Kier molecular flexibility index (Phi) is 11.9. The van der Waals surface area contributed by atoms with E-state index in [0.717, 1.165) is 16.7 Å². The van der Waals surface area contributed by atoms with Crippen LogP contribution in [0.3, 0.4) is 0 Å². The van der Waals surface area contributed by atoms with Gasteiger partial charge in [-0.1, -0.05) is 57.2 Å². The van der Waals surface area contributed by atoms with E-state index in [1.165, 1.54) is 27.5 Å². The molecule has 3 atom stereocenters. The Labute approximate surface area is 301 Å². The van der Waals surface area contributed by atoms with Crippen molar-refractivity contribution < 1.29 is 38.9 Å². The maximum Gasteiger partial charge on any atom is 0.335 e. The number of aryl methyl sites for hydroxylation is 1. The highest BCUT2D eigenvalue weighted by atomic mass is 32.1. The molecule has 0 saturated carbocycles. The first-order valence-electron chi connectivity index (χ1n) is 16.7. The minimum Gasteiger partial charge on any atom is -0.478 e. The first kappa shape index (κ1) is 37.2. The maximum absolute atomic E-state index is 13.9. The van der Waals surface area contributed by atoms with Crippen LogP contribution in [0.1, 0.15) is 54.2 Å². The van der Waals surface area contributed by atoms with Crippen molar-refractivity contribution in [3.05, 3.63) is 106 Å². The van der Waals surface area contributed by atoms with Crippen molar-refractivity contribution in [3.63, 3.8) is 0 Å². The molecule has 51 heavy (non-hydrogen) atoms. The van der Waals surface area contributed by atoms with Crippen LogP contribution in [-0.2, 0) is 32.3 Å². The first-order valence-corrected chi connectivity index (χ1v) is 17.5. The molecule has 0 radical (unpaired) electrons. The second-order valence-electron chi connectivity index (χ2n) is 13.7. The number of ether oxygens (including phenoxy) is 2. The van der Waals surface area contributed by atoms with E-state index < -0.39 is 41.4 Å². The van der Waals surface area contributed by atoms with Gasteiger partial charge in [-0.25, -0.2) is 4.79 Å². The number of carboxylic acid groups (broad SMARTS) is 1. The molecule has 0 unspecified atom stereocenters. The van der Waals surface area contributed by atoms with Crippen molar-refractivity contribution >= 4 is 35.0 Å². The summed E-state index contributed by atoms with van der Waals surface area (Å²) in [4.78, 5) is 53.8. The van der Waals surface area contributed by atoms with Gasteiger partial charge in [-0.15, -0.1) is 11.3 Å². The average molecular weight is 714 g/mol. The molecular formula is C39H43N3O8S. The van der Waals surface area contributed by atoms with Crippen LogP contribution in [0.2, 0.25) is 0 Å². The number of carboxylic acids is 1. The van der Waals surface area contributed by atoms with Gasteiger partial charge in [0.25, 0.3) is 0 Å². The largest absolute Gasteiger partial charge is 0.478 e. The third-order valence-electron chi connectivity index (χ3n) is 8.59. The van der Waals surface area contributed by atoms with E-state index in [2.05, 4.69) is 29.0 Å². The van der Waals surface area contributed by atoms with Crippen molar-refractivity contribution in [1.29, 1.82) is 0 Å². The lowest BCUT2D eigenvalue weighted by molar-refractivity contribution is -0.144. The summed E-state index contributed by atoms with van der Waals surface area (Å²) in [5.74, 6) is -1.29. The van der Waals surface area contributed by atoms with E-state index in [-0.39, 0.29) is 44.2 Å². The summed E-state index contributed by atoms with van der Waals surface area (Å²) in [6.45, 7) is 7.63. The smallest absolute Gasteiger partial charge is 0.335 e. The number of hydrogen-bond donors (Lipinski definition) is 4. The number of β-amino-alcohol motifs (C(OH)–C–C–N with tert-alkyl or cyclic N) is 1. The molecule has 0 spiro atoms. The molecule has 1 aromatic heterocycles. The molecule has 1 saturated heterocycles. The zero-order valence-corrected chi connectivity index (χ0v) is 29.9. The Morgan fingerprint density at radius 2 is 1.55 bits per heavy atom. The van der Waals surface area contributed by atoms with Crippen molar-refractivity contribution in [1.82, 2.24) is 15.5 Å². The molecule has 1 aliphatic heterocycles. The fraction of sp³-hybridized carbons (Fsp3) is 0.333. The number of aliphatic hydroxyl groups is 1. The van der Waals surface area contributed by atoms with Crippen molar-refractivity contribution in [2.24, 2.45) is 5.41 Å². The van der Waals surface area contributed by atoms with E-state index in [1.807, 2.05) is 45.0 Å². The number of nitrogens with one attached hydrogen (secondary N) is 2. The Balaban J connectivity index is 1.12. The van der Waals surface area contributed by atoms with Crippen LogP contribution >= 0.6 is 11.3 Å². The quantitative estimate of drug-likeness (QED) is 0.141. The number of thiophene rings is 1. The zero-order chi connectivity index (χ0) is 36.7. The molecule has 1 fully saturated rings. The number of rotatable bonds is 13. The fourth-order valence-corrected chi connectivity index (χ4v) is 6.72. The summed E-state index contributed by atoms with van der Waals surface area (Å²) >= 11 is 1.68. The molecule has 2 heterocycles. The summed E-state index contributed by atoms with van der Waals surface area (Å²) in [5, 5.41) is 27.3. The van der Waals surface area contributed by atoms with Crippen molar-refractivity contribution in [2.75, 3.05) is 13.2 Å². The van der Waals surface area contributed by atoms with E-state index in [4.69, 9.17) is 14.6 Å². The maximum atomic E-state index is 13.9. The topological polar surface area (TPSA) is 154 Å². The summed E-state index contributed by atoms with van der Waals surface area (Å²) in [6, 6.07) is 21.3. The standard InChI is InChI=1S/C39H43N3O8S/c1-24-17-18-51-34(24)27-9-5-25(6-10-27)20-40-36(45)32-19-29(43)21-42(32)37(46)35(39(2,3)4)41-33(44)23-49-22-26-7-13-30(14-8-26)50-31-15-11-28(12-16-31)38(47)48/h5-18,29,32,35,43H,19-23H2,1-4H3,(H,40,45)(H,41,44)(H,47,48)/t29-,32+,35-/m1/s1. The van der Waals surface area contributed by atoms with Gasteiger partial charge in [-0.05, 0) is 82.4 Å². The van der Waals surface area contributed by atoms with Crippen LogP contribution < -0.4 is 15.4 Å². The zero-order valence-electron chi connectivity index (χ0n) is 29.0. The number of aromatic carboxylic acids is 1.